The maximum absolute atomic E-state index is 12.4. The third-order valence-corrected chi connectivity index (χ3v) is 4.38. The number of carbonyl (C=O) groups is 1. The van der Waals surface area contributed by atoms with Crippen LogP contribution >= 0.6 is 0 Å². The summed E-state index contributed by atoms with van der Waals surface area (Å²) in [6.07, 6.45) is 1.14. The van der Waals surface area contributed by atoms with Crippen LogP contribution in [0.5, 0.6) is 0 Å². The molecule has 3 atom stereocenters. The van der Waals surface area contributed by atoms with Gasteiger partial charge in [0.15, 0.2) is 0 Å². The first kappa shape index (κ1) is 16.4. The topological polar surface area (TPSA) is 35.6 Å². The van der Waals surface area contributed by atoms with Gasteiger partial charge in [-0.1, -0.05) is 13.8 Å². The van der Waals surface area contributed by atoms with E-state index in [2.05, 4.69) is 31.0 Å². The van der Waals surface area contributed by atoms with E-state index >= 15 is 0 Å². The van der Waals surface area contributed by atoms with Gasteiger partial charge in [-0.3, -0.25) is 9.69 Å². The summed E-state index contributed by atoms with van der Waals surface area (Å²) in [5.41, 5.74) is 0. The number of nitrogens with zero attached hydrogens (tertiary/aromatic N) is 2. The summed E-state index contributed by atoms with van der Waals surface area (Å²) in [6, 6.07) is 0.627. The number of hydrogen-bond donors (Lipinski definition) is 1. The van der Waals surface area contributed by atoms with Crippen LogP contribution in [-0.4, -0.2) is 60.5 Å². The van der Waals surface area contributed by atoms with E-state index in [1.807, 2.05) is 18.7 Å². The molecule has 19 heavy (non-hydrogen) atoms. The Morgan fingerprint density at radius 2 is 2.00 bits per heavy atom. The second kappa shape index (κ2) is 7.85. The number of carbonyl (C=O) groups excluding carboxylic acids is 1. The van der Waals surface area contributed by atoms with Crippen molar-refractivity contribution in [1.29, 1.82) is 0 Å². The minimum absolute atomic E-state index is 0.0185. The lowest BCUT2D eigenvalue weighted by Crippen LogP contribution is -2.54. The van der Waals surface area contributed by atoms with Crippen molar-refractivity contribution in [3.8, 4) is 0 Å². The van der Waals surface area contributed by atoms with Crippen LogP contribution in [-0.2, 0) is 4.79 Å². The predicted octanol–water partition coefficient (Wildman–Crippen LogP) is 1.56. The van der Waals surface area contributed by atoms with E-state index in [0.717, 1.165) is 39.1 Å². The van der Waals surface area contributed by atoms with Gasteiger partial charge in [0, 0.05) is 32.2 Å². The van der Waals surface area contributed by atoms with Crippen LogP contribution in [0.2, 0.25) is 0 Å². The van der Waals surface area contributed by atoms with Crippen molar-refractivity contribution in [2.24, 2.45) is 5.92 Å². The van der Waals surface area contributed by atoms with Gasteiger partial charge in [-0.15, -0.1) is 0 Å². The standard InChI is InChI=1S/C15H31N3O/c1-6-16-14-9-10-18(11-12(14)4)13(5)15(19)17(7-2)8-3/h12-14,16H,6-11H2,1-5H3. The zero-order valence-electron chi connectivity index (χ0n) is 13.3. The number of hydrogen-bond acceptors (Lipinski definition) is 3. The van der Waals surface area contributed by atoms with Crippen molar-refractivity contribution in [2.75, 3.05) is 32.7 Å². The fourth-order valence-corrected chi connectivity index (χ4v) is 3.05. The SMILES string of the molecule is CCNC1CCN(C(C)C(=O)N(CC)CC)CC1C. The molecule has 1 rings (SSSR count). The number of rotatable bonds is 6. The lowest BCUT2D eigenvalue weighted by Gasteiger charge is -2.40. The van der Waals surface area contributed by atoms with Crippen LogP contribution < -0.4 is 5.32 Å². The molecule has 4 heteroatoms. The molecule has 0 aromatic heterocycles. The van der Waals surface area contributed by atoms with Crippen molar-refractivity contribution >= 4 is 5.91 Å². The molecule has 1 aliphatic heterocycles. The van der Waals surface area contributed by atoms with Crippen LogP contribution in [0.4, 0.5) is 0 Å². The monoisotopic (exact) mass is 269 g/mol. The second-order valence-corrected chi connectivity index (χ2v) is 5.61. The molecule has 0 aromatic rings. The lowest BCUT2D eigenvalue weighted by atomic mass is 9.92. The Labute approximate surface area is 118 Å². The summed E-state index contributed by atoms with van der Waals surface area (Å²) in [7, 11) is 0. The molecule has 1 amide bonds. The van der Waals surface area contributed by atoms with Gasteiger partial charge >= 0.3 is 0 Å². The van der Waals surface area contributed by atoms with Gasteiger partial charge in [-0.25, -0.2) is 0 Å². The minimum Gasteiger partial charge on any atom is -0.342 e. The zero-order chi connectivity index (χ0) is 14.4. The number of amides is 1. The van der Waals surface area contributed by atoms with Crippen LogP contribution in [0.1, 0.15) is 41.0 Å². The Hall–Kier alpha value is -0.610. The van der Waals surface area contributed by atoms with Crippen molar-refractivity contribution in [1.82, 2.24) is 15.1 Å². The van der Waals surface area contributed by atoms with Gasteiger partial charge in [0.05, 0.1) is 6.04 Å². The normalized spacial score (nSPS) is 26.2. The molecule has 0 bridgehead atoms. The third-order valence-electron chi connectivity index (χ3n) is 4.38. The Kier molecular flexibility index (Phi) is 6.80. The van der Waals surface area contributed by atoms with E-state index in [1.54, 1.807) is 0 Å². The predicted molar refractivity (Wildman–Crippen MR) is 80.2 cm³/mol. The van der Waals surface area contributed by atoms with Gasteiger partial charge in [-0.05, 0) is 39.7 Å². The van der Waals surface area contributed by atoms with Crippen LogP contribution in [0.15, 0.2) is 0 Å². The number of piperidine rings is 1. The molecule has 1 fully saturated rings. The van der Waals surface area contributed by atoms with E-state index in [1.165, 1.54) is 0 Å². The third kappa shape index (κ3) is 4.18. The van der Waals surface area contributed by atoms with E-state index < -0.39 is 0 Å². The highest BCUT2D eigenvalue weighted by Crippen LogP contribution is 2.19. The summed E-state index contributed by atoms with van der Waals surface area (Å²) in [6.45, 7) is 15.3. The van der Waals surface area contributed by atoms with Crippen LogP contribution in [0, 0.1) is 5.92 Å². The molecule has 4 nitrogen and oxygen atoms in total. The number of likely N-dealkylation sites (tertiary alicyclic amines) is 1. The first-order valence-electron chi connectivity index (χ1n) is 7.81. The summed E-state index contributed by atoms with van der Waals surface area (Å²) in [4.78, 5) is 16.7. The highest BCUT2D eigenvalue weighted by Gasteiger charge is 2.31. The van der Waals surface area contributed by atoms with E-state index in [9.17, 15) is 4.79 Å². The largest absolute Gasteiger partial charge is 0.342 e. The molecule has 1 aliphatic rings. The summed E-state index contributed by atoms with van der Waals surface area (Å²) >= 11 is 0. The Bertz CT molecular complexity index is 279. The Morgan fingerprint density at radius 1 is 1.37 bits per heavy atom. The molecule has 0 radical (unpaired) electrons. The van der Waals surface area contributed by atoms with E-state index in [0.29, 0.717) is 12.0 Å². The molecule has 0 aromatic carbocycles. The number of likely N-dealkylation sites (N-methyl/N-ethyl adjacent to an activating group) is 1. The van der Waals surface area contributed by atoms with Crippen molar-refractivity contribution in [3.63, 3.8) is 0 Å². The van der Waals surface area contributed by atoms with Gasteiger partial charge < -0.3 is 10.2 Å². The first-order valence-corrected chi connectivity index (χ1v) is 7.81. The fraction of sp³-hybridized carbons (Fsp3) is 0.933. The Morgan fingerprint density at radius 3 is 2.47 bits per heavy atom. The maximum atomic E-state index is 12.4. The van der Waals surface area contributed by atoms with Crippen molar-refractivity contribution < 1.29 is 4.79 Å². The van der Waals surface area contributed by atoms with Crippen LogP contribution in [0.3, 0.4) is 0 Å². The van der Waals surface area contributed by atoms with E-state index in [-0.39, 0.29) is 11.9 Å². The molecule has 1 N–H and O–H groups in total. The molecule has 1 saturated heterocycles. The average molecular weight is 269 g/mol. The fourth-order valence-electron chi connectivity index (χ4n) is 3.05. The second-order valence-electron chi connectivity index (χ2n) is 5.61. The van der Waals surface area contributed by atoms with Gasteiger partial charge in [0.1, 0.15) is 0 Å². The van der Waals surface area contributed by atoms with Gasteiger partial charge in [0.25, 0.3) is 0 Å². The molecular weight excluding hydrogens is 238 g/mol. The molecule has 0 aliphatic carbocycles. The summed E-state index contributed by atoms with van der Waals surface area (Å²) in [5, 5.41) is 3.55. The summed E-state index contributed by atoms with van der Waals surface area (Å²) < 4.78 is 0. The molecular formula is C15H31N3O. The maximum Gasteiger partial charge on any atom is 0.239 e. The Balaban J connectivity index is 2.55. The van der Waals surface area contributed by atoms with Crippen molar-refractivity contribution in [2.45, 2.75) is 53.1 Å². The van der Waals surface area contributed by atoms with Crippen LogP contribution in [0.25, 0.3) is 0 Å². The lowest BCUT2D eigenvalue weighted by molar-refractivity contribution is -0.136. The molecule has 0 spiro atoms. The van der Waals surface area contributed by atoms with E-state index in [4.69, 9.17) is 0 Å². The highest BCUT2D eigenvalue weighted by molar-refractivity contribution is 5.81. The molecule has 0 saturated carbocycles. The van der Waals surface area contributed by atoms with Crippen molar-refractivity contribution in [3.05, 3.63) is 0 Å². The number of nitrogens with one attached hydrogen (secondary N) is 1. The smallest absolute Gasteiger partial charge is 0.239 e. The minimum atomic E-state index is 0.0185. The quantitative estimate of drug-likeness (QED) is 0.795. The molecule has 3 unspecified atom stereocenters. The van der Waals surface area contributed by atoms with Gasteiger partial charge in [-0.2, -0.15) is 0 Å². The average Bonchev–Trinajstić information content (AvgIpc) is 2.41. The highest BCUT2D eigenvalue weighted by atomic mass is 16.2. The molecule has 1 heterocycles. The summed E-state index contributed by atoms with van der Waals surface area (Å²) in [5.74, 6) is 0.889. The zero-order valence-corrected chi connectivity index (χ0v) is 13.3. The first-order chi connectivity index (χ1) is 9.04. The molecule has 112 valence electrons. The van der Waals surface area contributed by atoms with Gasteiger partial charge in [0.2, 0.25) is 5.91 Å².